The fraction of sp³-hybridized carbons (Fsp3) is 0.292. The zero-order chi connectivity index (χ0) is 23.5. The molecule has 0 bridgehead atoms. The maximum Gasteiger partial charge on any atom is 0.254 e. The predicted octanol–water partition coefficient (Wildman–Crippen LogP) is 5.17. The van der Waals surface area contributed by atoms with E-state index in [4.69, 9.17) is 0 Å². The Labute approximate surface area is 195 Å². The minimum atomic E-state index is -0.354. The van der Waals surface area contributed by atoms with Crippen LogP contribution in [0.15, 0.2) is 59.1 Å². The van der Waals surface area contributed by atoms with Crippen LogP contribution in [-0.2, 0) is 10.2 Å². The summed E-state index contributed by atoms with van der Waals surface area (Å²) in [5, 5.41) is 7.48. The third kappa shape index (κ3) is 5.62. The second kappa shape index (κ2) is 9.65. The van der Waals surface area contributed by atoms with Crippen LogP contribution in [-0.4, -0.2) is 39.6 Å². The van der Waals surface area contributed by atoms with E-state index in [2.05, 4.69) is 26.3 Å². The average Bonchev–Trinajstić information content (AvgIpc) is 3.17. The summed E-state index contributed by atoms with van der Waals surface area (Å²) >= 11 is 3.35. The Morgan fingerprint density at radius 1 is 1.09 bits per heavy atom. The zero-order valence-corrected chi connectivity index (χ0v) is 20.1. The number of aromatic nitrogens is 2. The van der Waals surface area contributed by atoms with E-state index in [-0.39, 0.29) is 29.6 Å². The number of halogens is 2. The van der Waals surface area contributed by atoms with E-state index in [9.17, 15) is 14.0 Å². The monoisotopic (exact) mass is 500 g/mol. The van der Waals surface area contributed by atoms with Gasteiger partial charge in [-0.1, -0.05) is 36.7 Å². The van der Waals surface area contributed by atoms with Crippen molar-refractivity contribution in [3.63, 3.8) is 0 Å². The Morgan fingerprint density at radius 3 is 2.28 bits per heavy atom. The molecular formula is C24H26BrFN4O2. The lowest BCUT2D eigenvalue weighted by Gasteiger charge is -2.20. The lowest BCUT2D eigenvalue weighted by atomic mass is 9.92. The van der Waals surface area contributed by atoms with Gasteiger partial charge in [0.25, 0.3) is 5.91 Å². The van der Waals surface area contributed by atoms with Crippen molar-refractivity contribution in [2.45, 2.75) is 33.1 Å². The maximum atomic E-state index is 13.4. The molecule has 0 unspecified atom stereocenters. The third-order valence-corrected chi connectivity index (χ3v) is 5.44. The number of anilines is 1. The molecule has 2 aromatic carbocycles. The Bertz CT molecular complexity index is 1100. The summed E-state index contributed by atoms with van der Waals surface area (Å²) in [6.07, 6.45) is 0. The number of nitrogens with one attached hydrogen (secondary N) is 1. The highest BCUT2D eigenvalue weighted by atomic mass is 79.9. The number of hydrogen-bond acceptors (Lipinski definition) is 3. The van der Waals surface area contributed by atoms with Crippen LogP contribution in [0, 0.1) is 5.82 Å². The maximum absolute atomic E-state index is 13.4. The first-order valence-electron chi connectivity index (χ1n) is 10.3. The number of rotatable bonds is 6. The fourth-order valence-corrected chi connectivity index (χ4v) is 3.34. The number of carbonyl (C=O) groups excluding carboxylic acids is 2. The smallest absolute Gasteiger partial charge is 0.254 e. The first-order chi connectivity index (χ1) is 15.1. The highest BCUT2D eigenvalue weighted by Crippen LogP contribution is 2.26. The Morgan fingerprint density at radius 2 is 1.72 bits per heavy atom. The van der Waals surface area contributed by atoms with E-state index < -0.39 is 0 Å². The van der Waals surface area contributed by atoms with Crippen molar-refractivity contribution in [2.24, 2.45) is 0 Å². The van der Waals surface area contributed by atoms with Crippen LogP contribution in [0.4, 0.5) is 10.2 Å². The Balaban J connectivity index is 1.82. The highest BCUT2D eigenvalue weighted by Gasteiger charge is 2.23. The summed E-state index contributed by atoms with van der Waals surface area (Å²) in [7, 11) is 0. The molecule has 168 valence electrons. The first kappa shape index (κ1) is 23.7. The Hall–Kier alpha value is -3.00. The van der Waals surface area contributed by atoms with Crippen molar-refractivity contribution in [3.05, 3.63) is 76.1 Å². The van der Waals surface area contributed by atoms with E-state index in [0.29, 0.717) is 23.6 Å². The molecule has 0 aliphatic carbocycles. The van der Waals surface area contributed by atoms with Gasteiger partial charge in [0, 0.05) is 28.1 Å². The van der Waals surface area contributed by atoms with Crippen LogP contribution in [0.5, 0.6) is 0 Å². The van der Waals surface area contributed by atoms with Gasteiger partial charge in [-0.15, -0.1) is 0 Å². The molecule has 6 nitrogen and oxygen atoms in total. The topological polar surface area (TPSA) is 67.2 Å². The molecule has 0 atom stereocenters. The van der Waals surface area contributed by atoms with Crippen molar-refractivity contribution in [2.75, 3.05) is 18.4 Å². The van der Waals surface area contributed by atoms with Crippen molar-refractivity contribution in [1.29, 1.82) is 0 Å². The second-order valence-corrected chi connectivity index (χ2v) is 9.34. The fourth-order valence-electron chi connectivity index (χ4n) is 3.07. The summed E-state index contributed by atoms with van der Waals surface area (Å²) in [4.78, 5) is 27.1. The molecule has 0 fully saturated rings. The molecular weight excluding hydrogens is 475 g/mol. The van der Waals surface area contributed by atoms with Gasteiger partial charge < -0.3 is 10.2 Å². The normalized spacial score (nSPS) is 11.3. The highest BCUT2D eigenvalue weighted by molar-refractivity contribution is 9.10. The molecule has 1 heterocycles. The van der Waals surface area contributed by atoms with Gasteiger partial charge in [0.05, 0.1) is 11.4 Å². The van der Waals surface area contributed by atoms with Crippen molar-refractivity contribution in [1.82, 2.24) is 14.7 Å². The molecule has 3 aromatic rings. The first-order valence-corrected chi connectivity index (χ1v) is 11.1. The standard InChI is InChI=1S/C24H26BrFN4O2/c1-5-29(23(32)16-6-8-17(25)9-7-16)15-22(31)27-21-14-20(24(2,3)4)28-30(21)19-12-10-18(26)11-13-19/h6-14H,5,15H2,1-4H3,(H,27,31). The Kier molecular flexibility index (Phi) is 7.13. The van der Waals surface area contributed by atoms with Crippen LogP contribution in [0.3, 0.4) is 0 Å². The minimum absolute atomic E-state index is 0.106. The van der Waals surface area contributed by atoms with Crippen LogP contribution in [0.2, 0.25) is 0 Å². The van der Waals surface area contributed by atoms with Crippen LogP contribution in [0.1, 0.15) is 43.7 Å². The van der Waals surface area contributed by atoms with E-state index in [1.54, 1.807) is 47.1 Å². The van der Waals surface area contributed by atoms with Crippen LogP contribution < -0.4 is 5.32 Å². The number of hydrogen-bond donors (Lipinski definition) is 1. The molecule has 0 saturated heterocycles. The minimum Gasteiger partial charge on any atom is -0.330 e. The van der Waals surface area contributed by atoms with E-state index in [0.717, 1.165) is 10.2 Å². The number of benzene rings is 2. The van der Waals surface area contributed by atoms with Crippen LogP contribution >= 0.6 is 15.9 Å². The van der Waals surface area contributed by atoms with Gasteiger partial charge >= 0.3 is 0 Å². The van der Waals surface area contributed by atoms with Crippen molar-refractivity contribution in [3.8, 4) is 5.69 Å². The van der Waals surface area contributed by atoms with Gasteiger partial charge in [0.1, 0.15) is 18.2 Å². The van der Waals surface area contributed by atoms with Gasteiger partial charge in [-0.2, -0.15) is 5.10 Å². The molecule has 1 N–H and O–H groups in total. The number of carbonyl (C=O) groups is 2. The lowest BCUT2D eigenvalue weighted by molar-refractivity contribution is -0.116. The molecule has 0 aliphatic heterocycles. The number of nitrogens with zero attached hydrogens (tertiary/aromatic N) is 3. The molecule has 0 radical (unpaired) electrons. The summed E-state index contributed by atoms with van der Waals surface area (Å²) in [6.45, 7) is 8.16. The molecule has 32 heavy (non-hydrogen) atoms. The molecule has 0 aliphatic rings. The van der Waals surface area contributed by atoms with E-state index in [1.807, 2.05) is 27.7 Å². The van der Waals surface area contributed by atoms with Gasteiger partial charge in [-0.25, -0.2) is 9.07 Å². The molecule has 1 aromatic heterocycles. The largest absolute Gasteiger partial charge is 0.330 e. The summed E-state index contributed by atoms with van der Waals surface area (Å²) < 4.78 is 15.8. The summed E-state index contributed by atoms with van der Waals surface area (Å²) in [6, 6.07) is 14.7. The zero-order valence-electron chi connectivity index (χ0n) is 18.5. The predicted molar refractivity (Wildman–Crippen MR) is 127 cm³/mol. The molecule has 2 amide bonds. The van der Waals surface area contributed by atoms with Crippen molar-refractivity contribution >= 4 is 33.6 Å². The van der Waals surface area contributed by atoms with Crippen LogP contribution in [0.25, 0.3) is 5.69 Å². The summed E-state index contributed by atoms with van der Waals surface area (Å²) in [5.41, 5.74) is 1.65. The number of likely N-dealkylation sites (N-methyl/N-ethyl adjacent to an activating group) is 1. The SMILES string of the molecule is CCN(CC(=O)Nc1cc(C(C)(C)C)nn1-c1ccc(F)cc1)C(=O)c1ccc(Br)cc1. The number of amides is 2. The average molecular weight is 501 g/mol. The van der Waals surface area contributed by atoms with Crippen molar-refractivity contribution < 1.29 is 14.0 Å². The van der Waals surface area contributed by atoms with Gasteiger partial charge in [-0.05, 0) is 55.5 Å². The molecule has 8 heteroatoms. The van der Waals surface area contributed by atoms with E-state index >= 15 is 0 Å². The quantitative estimate of drug-likeness (QED) is 0.507. The van der Waals surface area contributed by atoms with Gasteiger partial charge in [0.15, 0.2) is 0 Å². The van der Waals surface area contributed by atoms with E-state index in [1.165, 1.54) is 17.0 Å². The molecule has 0 saturated carbocycles. The lowest BCUT2D eigenvalue weighted by Crippen LogP contribution is -2.38. The van der Waals surface area contributed by atoms with Gasteiger partial charge in [-0.3, -0.25) is 9.59 Å². The van der Waals surface area contributed by atoms with Gasteiger partial charge in [0.2, 0.25) is 5.91 Å². The second-order valence-electron chi connectivity index (χ2n) is 8.43. The third-order valence-electron chi connectivity index (χ3n) is 4.91. The molecule has 0 spiro atoms. The summed E-state index contributed by atoms with van der Waals surface area (Å²) in [5.74, 6) is -0.468. The molecule has 3 rings (SSSR count).